The lowest BCUT2D eigenvalue weighted by Gasteiger charge is -2.13. The number of carbonyl (C=O) groups is 1. The highest BCUT2D eigenvalue weighted by atomic mass is 32.2. The summed E-state index contributed by atoms with van der Waals surface area (Å²) < 4.78 is 27.3. The van der Waals surface area contributed by atoms with Crippen LogP contribution in [0.3, 0.4) is 0 Å². The molecular formula is C19H24N2O3S. The maximum atomic E-state index is 12.4. The number of rotatable bonds is 6. The first kappa shape index (κ1) is 19.1. The number of benzene rings is 2. The quantitative estimate of drug-likeness (QED) is 0.826. The highest BCUT2D eigenvalue weighted by Gasteiger charge is 2.18. The Labute approximate surface area is 149 Å². The Morgan fingerprint density at radius 2 is 1.80 bits per heavy atom. The molecule has 2 N–H and O–H groups in total. The number of sulfonamides is 1. The molecule has 0 heterocycles. The average Bonchev–Trinajstić information content (AvgIpc) is 2.57. The number of carbonyl (C=O) groups excluding carboxylic acids is 1. The summed E-state index contributed by atoms with van der Waals surface area (Å²) in [7, 11) is -3.64. The van der Waals surface area contributed by atoms with Crippen molar-refractivity contribution in [3.05, 3.63) is 59.2 Å². The third kappa shape index (κ3) is 4.90. The van der Waals surface area contributed by atoms with E-state index in [-0.39, 0.29) is 16.8 Å². The van der Waals surface area contributed by atoms with Crippen LogP contribution in [-0.2, 0) is 10.0 Å². The molecule has 0 saturated carbocycles. The molecule has 1 unspecified atom stereocenters. The fraction of sp³-hybridized carbons (Fsp3) is 0.316. The summed E-state index contributed by atoms with van der Waals surface area (Å²) in [6.45, 7) is 7.67. The second-order valence-corrected chi connectivity index (χ2v) is 7.93. The van der Waals surface area contributed by atoms with Gasteiger partial charge in [-0.2, -0.15) is 0 Å². The van der Waals surface area contributed by atoms with Crippen LogP contribution in [0, 0.1) is 13.8 Å². The molecule has 0 spiro atoms. The van der Waals surface area contributed by atoms with Crippen LogP contribution < -0.4 is 10.0 Å². The highest BCUT2D eigenvalue weighted by Crippen LogP contribution is 2.17. The van der Waals surface area contributed by atoms with Crippen LogP contribution in [0.1, 0.15) is 41.8 Å². The van der Waals surface area contributed by atoms with E-state index in [1.807, 2.05) is 39.0 Å². The molecule has 0 fully saturated rings. The topological polar surface area (TPSA) is 75.3 Å². The molecule has 0 aromatic heterocycles. The van der Waals surface area contributed by atoms with E-state index in [0.29, 0.717) is 17.7 Å². The van der Waals surface area contributed by atoms with Gasteiger partial charge in [0.2, 0.25) is 10.0 Å². The van der Waals surface area contributed by atoms with E-state index < -0.39 is 10.0 Å². The fourth-order valence-corrected chi connectivity index (χ4v) is 3.62. The van der Waals surface area contributed by atoms with Crippen LogP contribution in [0.2, 0.25) is 0 Å². The van der Waals surface area contributed by atoms with E-state index >= 15 is 0 Å². The largest absolute Gasteiger partial charge is 0.322 e. The van der Waals surface area contributed by atoms with Crippen molar-refractivity contribution in [3.8, 4) is 0 Å². The lowest BCUT2D eigenvalue weighted by atomic mass is 10.1. The first-order chi connectivity index (χ1) is 11.7. The molecule has 25 heavy (non-hydrogen) atoms. The van der Waals surface area contributed by atoms with Crippen LogP contribution in [-0.4, -0.2) is 20.4 Å². The molecule has 0 aliphatic heterocycles. The van der Waals surface area contributed by atoms with Crippen LogP contribution in [0.4, 0.5) is 5.69 Å². The minimum atomic E-state index is -3.64. The van der Waals surface area contributed by atoms with E-state index in [2.05, 4.69) is 10.0 Å². The Morgan fingerprint density at radius 3 is 2.44 bits per heavy atom. The monoisotopic (exact) mass is 360 g/mol. The lowest BCUT2D eigenvalue weighted by Crippen LogP contribution is -2.32. The van der Waals surface area contributed by atoms with Gasteiger partial charge in [-0.3, -0.25) is 4.79 Å². The van der Waals surface area contributed by atoms with E-state index in [4.69, 9.17) is 0 Å². The number of amides is 1. The van der Waals surface area contributed by atoms with Gasteiger partial charge in [0.1, 0.15) is 0 Å². The molecule has 6 heteroatoms. The van der Waals surface area contributed by atoms with Crippen LogP contribution in [0.25, 0.3) is 0 Å². The standard InChI is InChI=1S/C19H24N2O3S/c1-5-15(4)21-25(23,24)18-8-6-7-16(12-18)19(22)20-17-10-9-13(2)14(3)11-17/h6-12,15,21H,5H2,1-4H3,(H,20,22). The predicted molar refractivity (Wildman–Crippen MR) is 100 cm³/mol. The van der Waals surface area contributed by atoms with Crippen molar-refractivity contribution >= 4 is 21.6 Å². The van der Waals surface area contributed by atoms with Gasteiger partial charge in [0, 0.05) is 17.3 Å². The molecule has 2 aromatic rings. The van der Waals surface area contributed by atoms with Gasteiger partial charge >= 0.3 is 0 Å². The molecule has 2 aromatic carbocycles. The Hall–Kier alpha value is -2.18. The summed E-state index contributed by atoms with van der Waals surface area (Å²) in [5.41, 5.74) is 3.19. The molecule has 1 atom stereocenters. The van der Waals surface area contributed by atoms with Crippen molar-refractivity contribution < 1.29 is 13.2 Å². The predicted octanol–water partition coefficient (Wildman–Crippen LogP) is 3.63. The Kier molecular flexibility index (Phi) is 5.98. The van der Waals surface area contributed by atoms with Crippen LogP contribution >= 0.6 is 0 Å². The van der Waals surface area contributed by atoms with Crippen molar-refractivity contribution in [2.24, 2.45) is 0 Å². The highest BCUT2D eigenvalue weighted by molar-refractivity contribution is 7.89. The van der Waals surface area contributed by atoms with Crippen LogP contribution in [0.5, 0.6) is 0 Å². The number of aryl methyl sites for hydroxylation is 2. The zero-order chi connectivity index (χ0) is 18.6. The van der Waals surface area contributed by atoms with Gasteiger partial charge in [0.05, 0.1) is 4.90 Å². The third-order valence-electron chi connectivity index (χ3n) is 4.14. The van der Waals surface area contributed by atoms with Crippen molar-refractivity contribution in [3.63, 3.8) is 0 Å². The van der Waals surface area contributed by atoms with Gasteiger partial charge in [0.25, 0.3) is 5.91 Å². The second-order valence-electron chi connectivity index (χ2n) is 6.21. The molecule has 0 bridgehead atoms. The van der Waals surface area contributed by atoms with Gasteiger partial charge in [-0.15, -0.1) is 0 Å². The summed E-state index contributed by atoms with van der Waals surface area (Å²) in [6.07, 6.45) is 0.687. The van der Waals surface area contributed by atoms with Gasteiger partial charge in [-0.25, -0.2) is 13.1 Å². The van der Waals surface area contributed by atoms with Gasteiger partial charge < -0.3 is 5.32 Å². The molecule has 0 aliphatic rings. The maximum Gasteiger partial charge on any atom is 0.255 e. The smallest absolute Gasteiger partial charge is 0.255 e. The minimum absolute atomic E-state index is 0.0838. The van der Waals surface area contributed by atoms with E-state index in [1.54, 1.807) is 19.1 Å². The molecule has 2 rings (SSSR count). The normalized spacial score (nSPS) is 12.6. The zero-order valence-corrected chi connectivity index (χ0v) is 15.8. The van der Waals surface area contributed by atoms with Crippen molar-refractivity contribution in [1.82, 2.24) is 4.72 Å². The second kappa shape index (κ2) is 7.80. The van der Waals surface area contributed by atoms with Gasteiger partial charge in [-0.1, -0.05) is 19.1 Å². The molecule has 0 radical (unpaired) electrons. The third-order valence-corrected chi connectivity index (χ3v) is 5.73. The van der Waals surface area contributed by atoms with Gasteiger partial charge in [0.15, 0.2) is 0 Å². The molecular weight excluding hydrogens is 336 g/mol. The van der Waals surface area contributed by atoms with Crippen LogP contribution in [0.15, 0.2) is 47.4 Å². The van der Waals surface area contributed by atoms with Crippen molar-refractivity contribution in [2.75, 3.05) is 5.32 Å². The average molecular weight is 360 g/mol. The van der Waals surface area contributed by atoms with E-state index in [0.717, 1.165) is 11.1 Å². The summed E-state index contributed by atoms with van der Waals surface area (Å²) in [5.74, 6) is -0.344. The summed E-state index contributed by atoms with van der Waals surface area (Å²) in [5, 5.41) is 2.80. The summed E-state index contributed by atoms with van der Waals surface area (Å²) in [4.78, 5) is 12.5. The van der Waals surface area contributed by atoms with Crippen molar-refractivity contribution in [1.29, 1.82) is 0 Å². The van der Waals surface area contributed by atoms with Crippen molar-refractivity contribution in [2.45, 2.75) is 45.1 Å². The summed E-state index contributed by atoms with van der Waals surface area (Å²) >= 11 is 0. The molecule has 0 saturated heterocycles. The Bertz CT molecular complexity index is 876. The first-order valence-corrected chi connectivity index (χ1v) is 9.72. The zero-order valence-electron chi connectivity index (χ0n) is 15.0. The number of hydrogen-bond acceptors (Lipinski definition) is 3. The summed E-state index contributed by atoms with van der Waals surface area (Å²) in [6, 6.07) is 11.5. The molecule has 1 amide bonds. The number of nitrogens with one attached hydrogen (secondary N) is 2. The molecule has 5 nitrogen and oxygen atoms in total. The lowest BCUT2D eigenvalue weighted by molar-refractivity contribution is 0.102. The molecule has 0 aliphatic carbocycles. The first-order valence-electron chi connectivity index (χ1n) is 8.24. The maximum absolute atomic E-state index is 12.4. The van der Waals surface area contributed by atoms with E-state index in [1.165, 1.54) is 12.1 Å². The molecule has 134 valence electrons. The number of hydrogen-bond donors (Lipinski definition) is 2. The fourth-order valence-electron chi connectivity index (χ4n) is 2.24. The minimum Gasteiger partial charge on any atom is -0.322 e. The van der Waals surface area contributed by atoms with Gasteiger partial charge in [-0.05, 0) is 68.7 Å². The van der Waals surface area contributed by atoms with E-state index in [9.17, 15) is 13.2 Å². The SMILES string of the molecule is CCC(C)NS(=O)(=O)c1cccc(C(=O)Nc2ccc(C)c(C)c2)c1. The Balaban J connectivity index is 2.22. The number of anilines is 1. The Morgan fingerprint density at radius 1 is 1.08 bits per heavy atom.